The van der Waals surface area contributed by atoms with E-state index in [-0.39, 0.29) is 10.8 Å². The van der Waals surface area contributed by atoms with Crippen LogP contribution >= 0.6 is 0 Å². The van der Waals surface area contributed by atoms with Gasteiger partial charge in [0.25, 0.3) is 0 Å². The van der Waals surface area contributed by atoms with Gasteiger partial charge in [-0.1, -0.05) is 33.8 Å². The van der Waals surface area contributed by atoms with Gasteiger partial charge in [0, 0.05) is 14.2 Å². The van der Waals surface area contributed by atoms with Crippen molar-refractivity contribution in [3.63, 3.8) is 0 Å². The van der Waals surface area contributed by atoms with Crippen LogP contribution in [0.15, 0.2) is 12.7 Å². The van der Waals surface area contributed by atoms with Crippen LogP contribution in [0.2, 0.25) is 0 Å². The molecule has 1 fully saturated rings. The molecule has 5 heteroatoms. The number of ether oxygens (including phenoxy) is 3. The Bertz CT molecular complexity index is 349. The molecule has 1 heterocycles. The van der Waals surface area contributed by atoms with E-state index in [9.17, 15) is 10.2 Å². The molecular formula is C16H30O5. The Kier molecular flexibility index (Phi) is 5.98. The van der Waals surface area contributed by atoms with Crippen molar-refractivity contribution in [2.24, 2.45) is 10.8 Å². The van der Waals surface area contributed by atoms with Crippen LogP contribution in [0.5, 0.6) is 0 Å². The molecule has 4 atom stereocenters. The lowest BCUT2D eigenvalue weighted by Gasteiger charge is -2.38. The lowest BCUT2D eigenvalue weighted by molar-refractivity contribution is -0.199. The third-order valence-electron chi connectivity index (χ3n) is 4.27. The Labute approximate surface area is 127 Å². The van der Waals surface area contributed by atoms with Gasteiger partial charge >= 0.3 is 0 Å². The predicted molar refractivity (Wildman–Crippen MR) is 80.9 cm³/mol. The van der Waals surface area contributed by atoms with Gasteiger partial charge in [-0.05, 0) is 17.3 Å². The standard InChI is InChI=1S/C16H30O5/c1-8-15(2,3)9-16(4,5)13-11(18)10(17)12(21-13)14(19-6)20-7/h8,10-14,17-18H,1,9H2,2-7H3. The maximum Gasteiger partial charge on any atom is 0.185 e. The normalized spacial score (nSPS) is 30.9. The highest BCUT2D eigenvalue weighted by atomic mass is 16.7. The molecule has 1 saturated heterocycles. The molecule has 1 aliphatic heterocycles. The highest BCUT2D eigenvalue weighted by molar-refractivity contribution is 5.02. The highest BCUT2D eigenvalue weighted by Crippen LogP contribution is 2.43. The zero-order chi connectivity index (χ0) is 16.4. The summed E-state index contributed by atoms with van der Waals surface area (Å²) < 4.78 is 16.2. The van der Waals surface area contributed by atoms with Crippen LogP contribution in [0, 0.1) is 10.8 Å². The number of hydrogen-bond acceptors (Lipinski definition) is 5. The van der Waals surface area contributed by atoms with Crippen molar-refractivity contribution in [2.75, 3.05) is 14.2 Å². The zero-order valence-corrected chi connectivity index (χ0v) is 14.0. The van der Waals surface area contributed by atoms with Crippen LogP contribution < -0.4 is 0 Å². The molecule has 1 rings (SSSR count). The number of aliphatic hydroxyl groups excluding tert-OH is 2. The van der Waals surface area contributed by atoms with Crippen molar-refractivity contribution in [2.45, 2.75) is 64.8 Å². The molecule has 124 valence electrons. The lowest BCUT2D eigenvalue weighted by Crippen LogP contribution is -2.43. The molecule has 0 aromatic carbocycles. The van der Waals surface area contributed by atoms with E-state index in [1.165, 1.54) is 14.2 Å². The van der Waals surface area contributed by atoms with Crippen molar-refractivity contribution in [1.82, 2.24) is 0 Å². The van der Waals surface area contributed by atoms with E-state index in [4.69, 9.17) is 14.2 Å². The second kappa shape index (κ2) is 6.75. The first-order chi connectivity index (χ1) is 9.59. The minimum absolute atomic E-state index is 0.0858. The average Bonchev–Trinajstić information content (AvgIpc) is 2.68. The van der Waals surface area contributed by atoms with Gasteiger partial charge in [-0.25, -0.2) is 0 Å². The largest absolute Gasteiger partial charge is 0.388 e. The summed E-state index contributed by atoms with van der Waals surface area (Å²) in [6.45, 7) is 12.1. The molecule has 0 amide bonds. The minimum Gasteiger partial charge on any atom is -0.388 e. The number of rotatable bonds is 7. The number of allylic oxidation sites excluding steroid dienone is 1. The summed E-state index contributed by atoms with van der Waals surface area (Å²) in [4.78, 5) is 0. The summed E-state index contributed by atoms with van der Waals surface area (Å²) in [6.07, 6.45) is -1.24. The van der Waals surface area contributed by atoms with Gasteiger partial charge in [0.1, 0.15) is 18.3 Å². The van der Waals surface area contributed by atoms with Crippen LogP contribution in [0.4, 0.5) is 0 Å². The number of hydrogen-bond donors (Lipinski definition) is 2. The second-order valence-electron chi connectivity index (χ2n) is 7.20. The first-order valence-electron chi connectivity index (χ1n) is 7.30. The van der Waals surface area contributed by atoms with Crippen LogP contribution in [-0.4, -0.2) is 55.1 Å². The molecule has 0 saturated carbocycles. The molecule has 0 aromatic heterocycles. The van der Waals surface area contributed by atoms with Crippen molar-refractivity contribution in [3.8, 4) is 0 Å². The Balaban J connectivity index is 2.91. The van der Waals surface area contributed by atoms with Crippen molar-refractivity contribution >= 4 is 0 Å². The van der Waals surface area contributed by atoms with Crippen molar-refractivity contribution in [3.05, 3.63) is 12.7 Å². The third-order valence-corrected chi connectivity index (χ3v) is 4.27. The van der Waals surface area contributed by atoms with Gasteiger partial charge in [0.05, 0.1) is 6.10 Å². The van der Waals surface area contributed by atoms with E-state index < -0.39 is 30.7 Å². The first kappa shape index (κ1) is 18.6. The van der Waals surface area contributed by atoms with Crippen LogP contribution in [-0.2, 0) is 14.2 Å². The average molecular weight is 302 g/mol. The van der Waals surface area contributed by atoms with Crippen LogP contribution in [0.25, 0.3) is 0 Å². The fourth-order valence-electron chi connectivity index (χ4n) is 3.29. The smallest absolute Gasteiger partial charge is 0.185 e. The fraction of sp³-hybridized carbons (Fsp3) is 0.875. The van der Waals surface area contributed by atoms with Crippen LogP contribution in [0.1, 0.15) is 34.1 Å². The third kappa shape index (κ3) is 4.05. The Morgan fingerprint density at radius 3 is 2.10 bits per heavy atom. The molecule has 0 spiro atoms. The van der Waals surface area contributed by atoms with E-state index in [2.05, 4.69) is 20.4 Å². The Morgan fingerprint density at radius 1 is 1.14 bits per heavy atom. The second-order valence-corrected chi connectivity index (χ2v) is 7.20. The molecule has 2 N–H and O–H groups in total. The highest BCUT2D eigenvalue weighted by Gasteiger charge is 2.52. The summed E-state index contributed by atoms with van der Waals surface area (Å²) in [5, 5.41) is 20.6. The summed E-state index contributed by atoms with van der Waals surface area (Å²) in [5.41, 5.74) is -0.420. The monoisotopic (exact) mass is 302 g/mol. The molecule has 5 nitrogen and oxygen atoms in total. The maximum atomic E-state index is 10.4. The van der Waals surface area contributed by atoms with Gasteiger partial charge < -0.3 is 24.4 Å². The first-order valence-corrected chi connectivity index (χ1v) is 7.30. The molecule has 0 bridgehead atoms. The van der Waals surface area contributed by atoms with Crippen molar-refractivity contribution in [1.29, 1.82) is 0 Å². The molecule has 0 radical (unpaired) electrons. The fourth-order valence-corrected chi connectivity index (χ4v) is 3.29. The number of methoxy groups -OCH3 is 2. The zero-order valence-electron chi connectivity index (χ0n) is 14.0. The van der Waals surface area contributed by atoms with Gasteiger partial charge in [-0.2, -0.15) is 0 Å². The van der Waals surface area contributed by atoms with E-state index in [0.29, 0.717) is 0 Å². The van der Waals surface area contributed by atoms with Gasteiger partial charge in [0.15, 0.2) is 6.29 Å². The van der Waals surface area contributed by atoms with Gasteiger partial charge in [-0.15, -0.1) is 6.58 Å². The molecular weight excluding hydrogens is 272 g/mol. The van der Waals surface area contributed by atoms with Crippen molar-refractivity contribution < 1.29 is 24.4 Å². The number of aliphatic hydroxyl groups is 2. The van der Waals surface area contributed by atoms with Crippen LogP contribution in [0.3, 0.4) is 0 Å². The lowest BCUT2D eigenvalue weighted by atomic mass is 9.71. The van der Waals surface area contributed by atoms with E-state index in [1.54, 1.807) is 0 Å². The maximum absolute atomic E-state index is 10.4. The van der Waals surface area contributed by atoms with E-state index >= 15 is 0 Å². The quantitative estimate of drug-likeness (QED) is 0.554. The molecule has 1 aliphatic rings. The Hall–Kier alpha value is -0.460. The Morgan fingerprint density at radius 2 is 1.67 bits per heavy atom. The van der Waals surface area contributed by atoms with Gasteiger partial charge in [-0.3, -0.25) is 0 Å². The van der Waals surface area contributed by atoms with E-state index in [1.807, 2.05) is 19.9 Å². The molecule has 4 unspecified atom stereocenters. The molecule has 0 aromatic rings. The molecule has 0 aliphatic carbocycles. The van der Waals surface area contributed by atoms with E-state index in [0.717, 1.165) is 6.42 Å². The molecule has 21 heavy (non-hydrogen) atoms. The summed E-state index contributed by atoms with van der Waals surface area (Å²) in [7, 11) is 2.96. The summed E-state index contributed by atoms with van der Waals surface area (Å²) in [5.74, 6) is 0. The SMILES string of the molecule is C=CC(C)(C)CC(C)(C)C1OC(C(OC)OC)C(O)C1O. The summed E-state index contributed by atoms with van der Waals surface area (Å²) in [6, 6.07) is 0. The predicted octanol–water partition coefficient (Wildman–Crippen LogP) is 1.72. The van der Waals surface area contributed by atoms with Gasteiger partial charge in [0.2, 0.25) is 0 Å². The summed E-state index contributed by atoms with van der Waals surface area (Å²) >= 11 is 0. The topological polar surface area (TPSA) is 68.2 Å². The minimum atomic E-state index is -1.04.